The maximum absolute atomic E-state index is 13.6. The van der Waals surface area contributed by atoms with Gasteiger partial charge in [-0.25, -0.2) is 4.39 Å². The second-order valence-electron chi connectivity index (χ2n) is 4.61. The van der Waals surface area contributed by atoms with Gasteiger partial charge in [-0.3, -0.25) is 14.9 Å². The molecule has 1 amide bonds. The summed E-state index contributed by atoms with van der Waals surface area (Å²) in [5.74, 6) is -0.943. The predicted octanol–water partition coefficient (Wildman–Crippen LogP) is 3.34. The number of rotatable bonds is 6. The fourth-order valence-electron chi connectivity index (χ4n) is 1.84. The summed E-state index contributed by atoms with van der Waals surface area (Å²) in [5, 5.41) is 16.0. The van der Waals surface area contributed by atoms with Crippen molar-refractivity contribution in [3.05, 3.63) is 68.4 Å². The molecule has 0 atom stereocenters. The minimum absolute atomic E-state index is 0.147. The van der Waals surface area contributed by atoms with Gasteiger partial charge in [-0.2, -0.15) is 0 Å². The van der Waals surface area contributed by atoms with Crippen LogP contribution in [0, 0.1) is 15.9 Å². The zero-order valence-electron chi connectivity index (χ0n) is 11.9. The summed E-state index contributed by atoms with van der Waals surface area (Å²) in [6.45, 7) is 0.572. The third kappa shape index (κ3) is 4.75. The van der Waals surface area contributed by atoms with Crippen LogP contribution >= 0.6 is 15.9 Å². The molecule has 0 heterocycles. The van der Waals surface area contributed by atoms with Crippen molar-refractivity contribution in [3.63, 3.8) is 0 Å². The lowest BCUT2D eigenvalue weighted by atomic mass is 10.2. The Morgan fingerprint density at radius 3 is 2.48 bits per heavy atom. The second-order valence-corrected chi connectivity index (χ2v) is 5.53. The Morgan fingerprint density at radius 2 is 1.87 bits per heavy atom. The van der Waals surface area contributed by atoms with E-state index in [0.29, 0.717) is 5.56 Å². The van der Waals surface area contributed by atoms with E-state index in [-0.39, 0.29) is 30.4 Å². The molecule has 2 aromatic rings. The Morgan fingerprint density at radius 1 is 1.17 bits per heavy atom. The largest absolute Gasteiger partial charge is 0.381 e. The van der Waals surface area contributed by atoms with Gasteiger partial charge in [-0.05, 0) is 30.3 Å². The number of hydrogen-bond donors (Lipinski definition) is 2. The van der Waals surface area contributed by atoms with E-state index >= 15 is 0 Å². The van der Waals surface area contributed by atoms with Gasteiger partial charge in [0.15, 0.2) is 5.82 Å². The van der Waals surface area contributed by atoms with Gasteiger partial charge in [0.2, 0.25) is 0 Å². The van der Waals surface area contributed by atoms with E-state index in [9.17, 15) is 19.3 Å². The number of nitro benzene ring substituents is 1. The van der Waals surface area contributed by atoms with Crippen molar-refractivity contribution in [2.45, 2.75) is 0 Å². The Kier molecular flexibility index (Phi) is 5.64. The van der Waals surface area contributed by atoms with Crippen LogP contribution in [0.3, 0.4) is 0 Å². The van der Waals surface area contributed by atoms with E-state index in [1.54, 1.807) is 24.3 Å². The molecule has 6 nitrogen and oxygen atoms in total. The molecular weight excluding hydrogens is 369 g/mol. The third-order valence-corrected chi connectivity index (χ3v) is 3.52. The van der Waals surface area contributed by atoms with Gasteiger partial charge >= 0.3 is 0 Å². The monoisotopic (exact) mass is 381 g/mol. The van der Waals surface area contributed by atoms with Crippen molar-refractivity contribution in [1.82, 2.24) is 5.32 Å². The highest BCUT2D eigenvalue weighted by Crippen LogP contribution is 2.20. The standard InChI is InChI=1S/C15H13BrFN3O3/c16-11-3-1-10(2-4-11)15(21)19-8-7-18-14-6-5-12(20(22)23)9-13(14)17/h1-6,9,18H,7-8H2,(H,19,21). The smallest absolute Gasteiger partial charge is 0.272 e. The minimum atomic E-state index is -0.710. The SMILES string of the molecule is O=C(NCCNc1ccc([N+](=O)[O-])cc1F)c1ccc(Br)cc1. The first-order valence-corrected chi connectivity index (χ1v) is 7.48. The molecule has 2 N–H and O–H groups in total. The average molecular weight is 382 g/mol. The minimum Gasteiger partial charge on any atom is -0.381 e. The molecule has 0 bridgehead atoms. The van der Waals surface area contributed by atoms with Crippen LogP contribution < -0.4 is 10.6 Å². The van der Waals surface area contributed by atoms with Crippen LogP contribution in [0.5, 0.6) is 0 Å². The number of nitrogens with one attached hydrogen (secondary N) is 2. The number of nitro groups is 1. The highest BCUT2D eigenvalue weighted by Gasteiger charge is 2.10. The molecule has 0 unspecified atom stereocenters. The van der Waals surface area contributed by atoms with Crippen LogP contribution in [-0.4, -0.2) is 23.9 Å². The number of anilines is 1. The molecule has 2 aromatic carbocycles. The molecule has 0 aromatic heterocycles. The van der Waals surface area contributed by atoms with Crippen LogP contribution in [0.15, 0.2) is 46.9 Å². The highest BCUT2D eigenvalue weighted by molar-refractivity contribution is 9.10. The molecule has 0 fully saturated rings. The Hall–Kier alpha value is -2.48. The molecule has 2 rings (SSSR count). The van der Waals surface area contributed by atoms with Crippen molar-refractivity contribution >= 4 is 33.2 Å². The molecular formula is C15H13BrFN3O3. The number of hydrogen-bond acceptors (Lipinski definition) is 4. The van der Waals surface area contributed by atoms with Crippen LogP contribution in [0.25, 0.3) is 0 Å². The molecule has 120 valence electrons. The van der Waals surface area contributed by atoms with E-state index in [0.717, 1.165) is 10.5 Å². The van der Waals surface area contributed by atoms with Crippen LogP contribution in [0.4, 0.5) is 15.8 Å². The molecule has 0 saturated carbocycles. The lowest BCUT2D eigenvalue weighted by molar-refractivity contribution is -0.385. The molecule has 0 saturated heterocycles. The van der Waals surface area contributed by atoms with Gasteiger partial charge in [-0.1, -0.05) is 15.9 Å². The fraction of sp³-hybridized carbons (Fsp3) is 0.133. The zero-order chi connectivity index (χ0) is 16.8. The third-order valence-electron chi connectivity index (χ3n) is 3.00. The van der Waals surface area contributed by atoms with Crippen LogP contribution in [0.1, 0.15) is 10.4 Å². The summed E-state index contributed by atoms with van der Waals surface area (Å²) in [7, 11) is 0. The van der Waals surface area contributed by atoms with E-state index in [1.807, 2.05) is 0 Å². The number of carbonyl (C=O) groups excluding carboxylic acids is 1. The normalized spacial score (nSPS) is 10.2. The summed E-state index contributed by atoms with van der Waals surface area (Å²) in [6, 6.07) is 10.3. The van der Waals surface area contributed by atoms with Crippen LogP contribution in [-0.2, 0) is 0 Å². The zero-order valence-corrected chi connectivity index (χ0v) is 13.5. The van der Waals surface area contributed by atoms with Crippen molar-refractivity contribution < 1.29 is 14.1 Å². The lowest BCUT2D eigenvalue weighted by Crippen LogP contribution is -2.28. The van der Waals surface area contributed by atoms with Crippen molar-refractivity contribution in [2.75, 3.05) is 18.4 Å². The molecule has 0 aliphatic rings. The van der Waals surface area contributed by atoms with E-state index in [4.69, 9.17) is 0 Å². The average Bonchev–Trinajstić information content (AvgIpc) is 2.53. The van der Waals surface area contributed by atoms with E-state index in [2.05, 4.69) is 26.6 Å². The molecule has 0 radical (unpaired) electrons. The van der Waals surface area contributed by atoms with Gasteiger partial charge in [0.05, 0.1) is 16.7 Å². The van der Waals surface area contributed by atoms with Crippen LogP contribution in [0.2, 0.25) is 0 Å². The molecule has 23 heavy (non-hydrogen) atoms. The summed E-state index contributed by atoms with van der Waals surface area (Å²) in [4.78, 5) is 21.7. The molecule has 0 aliphatic carbocycles. The van der Waals surface area contributed by atoms with Crippen molar-refractivity contribution in [1.29, 1.82) is 0 Å². The summed E-state index contributed by atoms with van der Waals surface area (Å²) < 4.78 is 14.5. The molecule has 0 aliphatic heterocycles. The van der Waals surface area contributed by atoms with Gasteiger partial charge < -0.3 is 10.6 Å². The van der Waals surface area contributed by atoms with Gasteiger partial charge in [0.1, 0.15) is 0 Å². The molecule has 8 heteroatoms. The predicted molar refractivity (Wildman–Crippen MR) is 88.0 cm³/mol. The van der Waals surface area contributed by atoms with E-state index < -0.39 is 10.7 Å². The summed E-state index contributed by atoms with van der Waals surface area (Å²) >= 11 is 3.29. The Labute approximate surface area is 140 Å². The number of halogens is 2. The first-order valence-electron chi connectivity index (χ1n) is 6.69. The Bertz CT molecular complexity index is 722. The second kappa shape index (κ2) is 7.68. The maximum Gasteiger partial charge on any atom is 0.272 e. The van der Waals surface area contributed by atoms with Crippen molar-refractivity contribution in [2.24, 2.45) is 0 Å². The first kappa shape index (κ1) is 16.9. The lowest BCUT2D eigenvalue weighted by Gasteiger charge is -2.09. The summed E-state index contributed by atoms with van der Waals surface area (Å²) in [6.07, 6.45) is 0. The topological polar surface area (TPSA) is 84.3 Å². The van der Waals surface area contributed by atoms with Gasteiger partial charge in [0, 0.05) is 29.2 Å². The Balaban J connectivity index is 1.82. The fourth-order valence-corrected chi connectivity index (χ4v) is 2.10. The van der Waals surface area contributed by atoms with Gasteiger partial charge in [0.25, 0.3) is 11.6 Å². The maximum atomic E-state index is 13.6. The summed E-state index contributed by atoms with van der Waals surface area (Å²) in [5.41, 5.74) is 0.361. The van der Waals surface area contributed by atoms with Gasteiger partial charge in [-0.15, -0.1) is 0 Å². The number of nitrogens with zero attached hydrogens (tertiary/aromatic N) is 1. The number of amides is 1. The first-order chi connectivity index (χ1) is 11.0. The number of benzene rings is 2. The van der Waals surface area contributed by atoms with Crippen molar-refractivity contribution in [3.8, 4) is 0 Å². The number of carbonyl (C=O) groups is 1. The molecule has 0 spiro atoms. The highest BCUT2D eigenvalue weighted by atomic mass is 79.9. The number of non-ortho nitro benzene ring substituents is 1. The van der Waals surface area contributed by atoms with E-state index in [1.165, 1.54) is 12.1 Å². The quantitative estimate of drug-likeness (QED) is 0.456.